The number of morpholine rings is 1. The van der Waals surface area contributed by atoms with Gasteiger partial charge in [-0.15, -0.1) is 0 Å². The zero-order chi connectivity index (χ0) is 33.0. The number of aromatic nitrogens is 2. The Hall–Kier alpha value is -4.42. The summed E-state index contributed by atoms with van der Waals surface area (Å²) in [4.78, 5) is 33.2. The number of oxazole rings is 1. The van der Waals surface area contributed by atoms with Crippen molar-refractivity contribution in [2.75, 3.05) is 33.4 Å². The van der Waals surface area contributed by atoms with Crippen LogP contribution < -0.4 is 9.46 Å². The van der Waals surface area contributed by atoms with Gasteiger partial charge in [0.2, 0.25) is 10.0 Å². The number of allylic oxidation sites excluding steroid dienone is 1. The minimum Gasteiger partial charge on any atom is -0.497 e. The van der Waals surface area contributed by atoms with Crippen molar-refractivity contribution in [3.05, 3.63) is 70.9 Å². The Morgan fingerprint density at radius 2 is 1.79 bits per heavy atom. The zero-order valence-corrected chi connectivity index (χ0v) is 27.7. The molecule has 0 radical (unpaired) electrons. The number of nitrogens with one attached hydrogen (secondary N) is 1. The molecule has 0 atom stereocenters. The number of amides is 2. The van der Waals surface area contributed by atoms with Gasteiger partial charge in [0.05, 0.1) is 37.8 Å². The van der Waals surface area contributed by atoms with Crippen molar-refractivity contribution in [2.45, 2.75) is 62.7 Å². The van der Waals surface area contributed by atoms with Crippen molar-refractivity contribution < 1.29 is 31.9 Å². The van der Waals surface area contributed by atoms with Gasteiger partial charge in [0, 0.05) is 40.7 Å². The van der Waals surface area contributed by atoms with Gasteiger partial charge < -0.3 is 23.4 Å². The van der Waals surface area contributed by atoms with Gasteiger partial charge >= 0.3 is 0 Å². The third-order valence-electron chi connectivity index (χ3n) is 10.1. The van der Waals surface area contributed by atoms with Crippen LogP contribution in [0.4, 0.5) is 0 Å². The average Bonchev–Trinajstić information content (AvgIpc) is 3.83. The molecule has 48 heavy (non-hydrogen) atoms. The smallest absolute Gasteiger partial charge is 0.276 e. The lowest BCUT2D eigenvalue weighted by atomic mass is 9.81. The van der Waals surface area contributed by atoms with E-state index in [-0.39, 0.29) is 17.2 Å². The molecular formula is C36H38N4O7S. The molecule has 2 aromatic heterocycles. The molecule has 250 valence electrons. The van der Waals surface area contributed by atoms with Gasteiger partial charge in [-0.05, 0) is 79.1 Å². The number of methoxy groups -OCH3 is 1. The lowest BCUT2D eigenvalue weighted by Gasteiger charge is -2.26. The maximum absolute atomic E-state index is 13.7. The Labute approximate surface area is 279 Å². The molecule has 2 amide bonds. The van der Waals surface area contributed by atoms with Crippen LogP contribution in [0, 0.1) is 0 Å². The molecule has 0 bridgehead atoms. The van der Waals surface area contributed by atoms with Crippen LogP contribution >= 0.6 is 0 Å². The fraction of sp³-hybridized carbons (Fsp3) is 0.417. The second kappa shape index (κ2) is 12.2. The summed E-state index contributed by atoms with van der Waals surface area (Å²) in [6.07, 6.45) is 10.1. The number of benzene rings is 2. The minimum atomic E-state index is -3.72. The van der Waals surface area contributed by atoms with Crippen LogP contribution in [0.5, 0.6) is 5.75 Å². The van der Waals surface area contributed by atoms with Gasteiger partial charge in [0.15, 0.2) is 17.8 Å². The molecule has 4 aromatic rings. The van der Waals surface area contributed by atoms with E-state index in [0.717, 1.165) is 59.0 Å². The number of carbonyl (C=O) groups is 2. The van der Waals surface area contributed by atoms with E-state index < -0.39 is 21.2 Å². The highest BCUT2D eigenvalue weighted by Gasteiger charge is 2.37. The predicted molar refractivity (Wildman–Crippen MR) is 180 cm³/mol. The number of sulfonamides is 1. The van der Waals surface area contributed by atoms with Gasteiger partial charge in [0.1, 0.15) is 5.75 Å². The van der Waals surface area contributed by atoms with Crippen LogP contribution in [-0.2, 0) is 21.3 Å². The van der Waals surface area contributed by atoms with E-state index in [1.807, 2.05) is 24.3 Å². The monoisotopic (exact) mass is 670 g/mol. The predicted octanol–water partition coefficient (Wildman–Crippen LogP) is 5.60. The van der Waals surface area contributed by atoms with Crippen LogP contribution in [0.15, 0.2) is 47.2 Å². The van der Waals surface area contributed by atoms with E-state index >= 15 is 0 Å². The molecule has 8 rings (SSSR count). The summed E-state index contributed by atoms with van der Waals surface area (Å²) in [5, 5.41) is 0.522. The first-order chi connectivity index (χ1) is 23.3. The zero-order valence-electron chi connectivity index (χ0n) is 26.9. The summed E-state index contributed by atoms with van der Waals surface area (Å²) >= 11 is 0. The topological polar surface area (TPSA) is 133 Å². The molecule has 2 aliphatic carbocycles. The number of rotatable bonds is 7. The summed E-state index contributed by atoms with van der Waals surface area (Å²) < 4.78 is 47.0. The molecule has 0 unspecified atom stereocenters. The number of fused-ring (bicyclic) bond motifs is 5. The molecule has 2 aliphatic heterocycles. The van der Waals surface area contributed by atoms with Crippen LogP contribution in [0.1, 0.15) is 88.6 Å². The molecule has 12 heteroatoms. The highest BCUT2D eigenvalue weighted by Crippen LogP contribution is 2.48. The highest BCUT2D eigenvalue weighted by atomic mass is 32.2. The third kappa shape index (κ3) is 5.50. The second-order valence-corrected chi connectivity index (χ2v) is 15.1. The molecule has 4 heterocycles. The first-order valence-corrected chi connectivity index (χ1v) is 18.3. The van der Waals surface area contributed by atoms with Crippen molar-refractivity contribution in [2.24, 2.45) is 0 Å². The second-order valence-electron chi connectivity index (χ2n) is 13.1. The molecule has 1 saturated heterocycles. The summed E-state index contributed by atoms with van der Waals surface area (Å²) in [6, 6.07) is 11.5. The normalized spacial score (nSPS) is 18.5. The van der Waals surface area contributed by atoms with Crippen molar-refractivity contribution >= 4 is 44.4 Å². The van der Waals surface area contributed by atoms with E-state index in [1.165, 1.54) is 18.4 Å². The lowest BCUT2D eigenvalue weighted by Crippen LogP contribution is -2.41. The lowest BCUT2D eigenvalue weighted by molar-refractivity contribution is 0.0298. The standard InChI is InChI=1S/C36H38N4O7S/c1-45-26-8-12-28-24(18-26)17-25(34-32(37-21-47-34)36(42)39-13-15-46-16-14-39)20-40-30-19-23(35(41)38-48(43,44)27-9-10-27)7-11-29(30)31(33(28)40)22-5-3-2-4-6-22/h7-8,11-12,17-19,21-22,27H,2-6,9-10,13-16,20H2,1H3,(H,38,41). The fourth-order valence-corrected chi connectivity index (χ4v) is 8.81. The van der Waals surface area contributed by atoms with Gasteiger partial charge in [0.25, 0.3) is 11.8 Å². The van der Waals surface area contributed by atoms with Crippen molar-refractivity contribution in [1.82, 2.24) is 19.2 Å². The average molecular weight is 671 g/mol. The maximum Gasteiger partial charge on any atom is 0.276 e. The Morgan fingerprint density at radius 1 is 1.00 bits per heavy atom. The summed E-state index contributed by atoms with van der Waals surface area (Å²) in [7, 11) is -2.08. The van der Waals surface area contributed by atoms with Crippen molar-refractivity contribution in [3.63, 3.8) is 0 Å². The van der Waals surface area contributed by atoms with Crippen molar-refractivity contribution in [3.8, 4) is 17.0 Å². The minimum absolute atomic E-state index is 0.214. The van der Waals surface area contributed by atoms with Gasteiger partial charge in [-0.25, -0.2) is 18.1 Å². The first kappa shape index (κ1) is 30.9. The molecular weight excluding hydrogens is 632 g/mol. The van der Waals surface area contributed by atoms with Gasteiger partial charge in [-0.1, -0.05) is 25.3 Å². The van der Waals surface area contributed by atoms with E-state index in [1.54, 1.807) is 24.1 Å². The molecule has 3 fully saturated rings. The van der Waals surface area contributed by atoms with E-state index in [0.29, 0.717) is 63.1 Å². The molecule has 0 spiro atoms. The van der Waals surface area contributed by atoms with Crippen molar-refractivity contribution in [1.29, 1.82) is 0 Å². The number of hydrogen-bond acceptors (Lipinski definition) is 8. The molecule has 4 aliphatic rings. The summed E-state index contributed by atoms with van der Waals surface area (Å²) in [6.45, 7) is 2.22. The van der Waals surface area contributed by atoms with Gasteiger partial charge in [-0.3, -0.25) is 9.59 Å². The molecule has 2 saturated carbocycles. The third-order valence-corrected chi connectivity index (χ3v) is 11.9. The molecule has 2 aromatic carbocycles. The number of nitrogens with zero attached hydrogens (tertiary/aromatic N) is 3. The van der Waals surface area contributed by atoms with Crippen LogP contribution in [0.2, 0.25) is 0 Å². The molecule has 1 N–H and O–H groups in total. The summed E-state index contributed by atoms with van der Waals surface area (Å²) in [5.74, 6) is 0.550. The Morgan fingerprint density at radius 3 is 2.54 bits per heavy atom. The van der Waals surface area contributed by atoms with Gasteiger partial charge in [-0.2, -0.15) is 0 Å². The summed E-state index contributed by atoms with van der Waals surface area (Å²) in [5.41, 5.74) is 6.27. The molecule has 11 nitrogen and oxygen atoms in total. The van der Waals surface area contributed by atoms with E-state index in [4.69, 9.17) is 13.9 Å². The van der Waals surface area contributed by atoms with Crippen LogP contribution in [-0.4, -0.2) is 73.3 Å². The number of carbonyl (C=O) groups excluding carboxylic acids is 2. The number of hydrogen-bond donors (Lipinski definition) is 1. The first-order valence-electron chi connectivity index (χ1n) is 16.7. The maximum atomic E-state index is 13.7. The number of ether oxygens (including phenoxy) is 2. The quantitative estimate of drug-likeness (QED) is 0.269. The highest BCUT2D eigenvalue weighted by molar-refractivity contribution is 7.91. The van der Waals surface area contributed by atoms with Crippen LogP contribution in [0.25, 0.3) is 33.8 Å². The van der Waals surface area contributed by atoms with Crippen LogP contribution in [0.3, 0.4) is 0 Å². The Kier molecular flexibility index (Phi) is 7.87. The Bertz CT molecular complexity index is 2060. The van der Waals surface area contributed by atoms with E-state index in [2.05, 4.69) is 20.3 Å². The Balaban J connectivity index is 1.31. The SMILES string of the molecule is COc1ccc2c(c1)C=C(c1ocnc1C(=O)N1CCOCC1)Cn1c-2c(C2CCCCC2)c2ccc(C(=O)NS(=O)(=O)C3CC3)cc21. The largest absolute Gasteiger partial charge is 0.497 e. The fourth-order valence-electron chi connectivity index (χ4n) is 7.51. The van der Waals surface area contributed by atoms with E-state index in [9.17, 15) is 18.0 Å².